The zero-order valence-electron chi connectivity index (χ0n) is 17.8. The molecule has 3 rings (SSSR count). The van der Waals surface area contributed by atoms with Crippen LogP contribution >= 0.6 is 22.9 Å². The number of rotatable bonds is 8. The Bertz CT molecular complexity index is 866. The topological polar surface area (TPSA) is 49.9 Å². The number of hydrogen-bond acceptors (Lipinski definition) is 4. The van der Waals surface area contributed by atoms with Crippen molar-refractivity contribution < 1.29 is 14.3 Å². The van der Waals surface area contributed by atoms with Gasteiger partial charge < -0.3 is 14.5 Å². The Labute approximate surface area is 187 Å². The molecule has 1 aromatic carbocycles. The molecule has 1 unspecified atom stereocenters. The molecule has 0 fully saturated rings. The lowest BCUT2D eigenvalue weighted by molar-refractivity contribution is -0.142. The van der Waals surface area contributed by atoms with Crippen LogP contribution in [0.25, 0.3) is 0 Å². The number of fused-ring (bicyclic) bond motifs is 1. The first-order valence-electron chi connectivity index (χ1n) is 10.3. The normalized spacial score (nSPS) is 15.8. The molecule has 2 heterocycles. The standard InChI is InChI=1S/C23H29ClN2O3S/c1-16(2)8-11-25(17(3)27)14-23(28)26-12-9-22-20(10-13-30-22)21(26)15-29-19-6-4-18(24)5-7-19/h4-7,10,13,16,21H,8-9,11-12,14-15H2,1-3H3. The van der Waals surface area contributed by atoms with Gasteiger partial charge in [-0.2, -0.15) is 0 Å². The Hall–Kier alpha value is -2.05. The summed E-state index contributed by atoms with van der Waals surface area (Å²) < 4.78 is 6.01. The summed E-state index contributed by atoms with van der Waals surface area (Å²) >= 11 is 7.68. The van der Waals surface area contributed by atoms with E-state index >= 15 is 0 Å². The number of amides is 2. The Morgan fingerprint density at radius 3 is 2.67 bits per heavy atom. The number of carbonyl (C=O) groups is 2. The van der Waals surface area contributed by atoms with Crippen LogP contribution in [0.1, 0.15) is 43.7 Å². The SMILES string of the molecule is CC(=O)N(CCC(C)C)CC(=O)N1CCc2sccc2C1COc1ccc(Cl)cc1. The van der Waals surface area contributed by atoms with Gasteiger partial charge in [-0.15, -0.1) is 11.3 Å². The molecular formula is C23H29ClN2O3S. The fraction of sp³-hybridized carbons (Fsp3) is 0.478. The van der Waals surface area contributed by atoms with Crippen molar-refractivity contribution in [3.8, 4) is 5.75 Å². The Morgan fingerprint density at radius 1 is 1.27 bits per heavy atom. The van der Waals surface area contributed by atoms with Gasteiger partial charge in [0.2, 0.25) is 11.8 Å². The van der Waals surface area contributed by atoms with Crippen molar-refractivity contribution in [2.24, 2.45) is 5.92 Å². The number of ether oxygens (including phenoxy) is 1. The van der Waals surface area contributed by atoms with E-state index in [1.54, 1.807) is 28.4 Å². The molecule has 0 saturated heterocycles. The first-order chi connectivity index (χ1) is 14.3. The third kappa shape index (κ3) is 5.76. The molecule has 2 aromatic rings. The summed E-state index contributed by atoms with van der Waals surface area (Å²) in [4.78, 5) is 30.1. The summed E-state index contributed by atoms with van der Waals surface area (Å²) in [5.41, 5.74) is 1.14. The van der Waals surface area contributed by atoms with Crippen LogP contribution in [-0.4, -0.2) is 47.9 Å². The van der Waals surface area contributed by atoms with E-state index in [2.05, 4.69) is 25.3 Å². The summed E-state index contributed by atoms with van der Waals surface area (Å²) in [5.74, 6) is 1.10. The molecule has 2 amide bonds. The lowest BCUT2D eigenvalue weighted by atomic mass is 10.0. The maximum Gasteiger partial charge on any atom is 0.242 e. The molecule has 0 aliphatic carbocycles. The monoisotopic (exact) mass is 448 g/mol. The molecule has 1 atom stereocenters. The molecule has 1 aliphatic heterocycles. The van der Waals surface area contributed by atoms with Crippen molar-refractivity contribution in [1.29, 1.82) is 0 Å². The minimum absolute atomic E-state index is 0.0319. The highest BCUT2D eigenvalue weighted by molar-refractivity contribution is 7.10. The quantitative estimate of drug-likeness (QED) is 0.582. The van der Waals surface area contributed by atoms with Gasteiger partial charge in [-0.1, -0.05) is 25.4 Å². The molecule has 162 valence electrons. The molecule has 0 N–H and O–H groups in total. The van der Waals surface area contributed by atoms with E-state index in [0.29, 0.717) is 30.6 Å². The number of halogens is 1. The minimum Gasteiger partial charge on any atom is -0.491 e. The summed E-state index contributed by atoms with van der Waals surface area (Å²) in [6.07, 6.45) is 1.72. The molecule has 30 heavy (non-hydrogen) atoms. The van der Waals surface area contributed by atoms with Gasteiger partial charge in [0.1, 0.15) is 12.4 Å². The molecule has 0 spiro atoms. The van der Waals surface area contributed by atoms with Gasteiger partial charge in [-0.25, -0.2) is 0 Å². The van der Waals surface area contributed by atoms with Crippen molar-refractivity contribution in [3.63, 3.8) is 0 Å². The number of thiophene rings is 1. The van der Waals surface area contributed by atoms with Gasteiger partial charge >= 0.3 is 0 Å². The molecule has 0 bridgehead atoms. The largest absolute Gasteiger partial charge is 0.491 e. The van der Waals surface area contributed by atoms with Crippen LogP contribution in [0, 0.1) is 5.92 Å². The van der Waals surface area contributed by atoms with Crippen LogP contribution in [0.5, 0.6) is 5.75 Å². The highest BCUT2D eigenvalue weighted by Crippen LogP contribution is 2.34. The van der Waals surface area contributed by atoms with Crippen LogP contribution in [-0.2, 0) is 16.0 Å². The van der Waals surface area contributed by atoms with E-state index in [4.69, 9.17) is 16.3 Å². The summed E-state index contributed by atoms with van der Waals surface area (Å²) in [6, 6.07) is 9.15. The van der Waals surface area contributed by atoms with Crippen molar-refractivity contribution in [3.05, 3.63) is 51.2 Å². The second-order valence-corrected chi connectivity index (χ2v) is 9.48. The van der Waals surface area contributed by atoms with Crippen molar-refractivity contribution in [1.82, 2.24) is 9.80 Å². The molecule has 5 nitrogen and oxygen atoms in total. The summed E-state index contributed by atoms with van der Waals surface area (Å²) in [7, 11) is 0. The van der Waals surface area contributed by atoms with Gasteiger partial charge in [0.15, 0.2) is 0 Å². The highest BCUT2D eigenvalue weighted by Gasteiger charge is 2.33. The first kappa shape index (κ1) is 22.6. The van der Waals surface area contributed by atoms with E-state index in [1.807, 2.05) is 17.0 Å². The van der Waals surface area contributed by atoms with E-state index < -0.39 is 0 Å². The van der Waals surface area contributed by atoms with Gasteiger partial charge in [0.05, 0.1) is 12.6 Å². The number of hydrogen-bond donors (Lipinski definition) is 0. The molecule has 7 heteroatoms. The smallest absolute Gasteiger partial charge is 0.242 e. The van der Waals surface area contributed by atoms with Crippen LogP contribution in [0.4, 0.5) is 0 Å². The molecule has 0 saturated carbocycles. The number of benzene rings is 1. The second kappa shape index (κ2) is 10.3. The number of nitrogens with zero attached hydrogens (tertiary/aromatic N) is 2. The predicted octanol–water partition coefficient (Wildman–Crippen LogP) is 4.80. The van der Waals surface area contributed by atoms with Gasteiger partial charge in [0, 0.05) is 29.9 Å². The molecule has 0 radical (unpaired) electrons. The van der Waals surface area contributed by atoms with E-state index in [1.165, 1.54) is 11.8 Å². The fourth-order valence-corrected chi connectivity index (χ4v) is 4.65. The van der Waals surface area contributed by atoms with Crippen LogP contribution < -0.4 is 4.74 Å². The first-order valence-corrected chi connectivity index (χ1v) is 11.6. The average Bonchev–Trinajstić information content (AvgIpc) is 3.19. The zero-order chi connectivity index (χ0) is 21.7. The lowest BCUT2D eigenvalue weighted by Gasteiger charge is -2.37. The van der Waals surface area contributed by atoms with Crippen LogP contribution in [0.15, 0.2) is 35.7 Å². The van der Waals surface area contributed by atoms with Gasteiger partial charge in [-0.3, -0.25) is 9.59 Å². The third-order valence-electron chi connectivity index (χ3n) is 5.38. The number of carbonyl (C=O) groups excluding carboxylic acids is 2. The Morgan fingerprint density at radius 2 is 2.00 bits per heavy atom. The maximum absolute atomic E-state index is 13.2. The highest BCUT2D eigenvalue weighted by atomic mass is 35.5. The van der Waals surface area contributed by atoms with E-state index in [-0.39, 0.29) is 24.4 Å². The Kier molecular flexibility index (Phi) is 7.78. The van der Waals surface area contributed by atoms with E-state index in [9.17, 15) is 9.59 Å². The van der Waals surface area contributed by atoms with Gasteiger partial charge in [-0.05, 0) is 60.0 Å². The van der Waals surface area contributed by atoms with E-state index in [0.717, 1.165) is 24.2 Å². The average molecular weight is 449 g/mol. The zero-order valence-corrected chi connectivity index (χ0v) is 19.3. The summed E-state index contributed by atoms with van der Waals surface area (Å²) in [6.45, 7) is 7.48. The molecule has 1 aromatic heterocycles. The predicted molar refractivity (Wildman–Crippen MR) is 121 cm³/mol. The van der Waals surface area contributed by atoms with Crippen LogP contribution in [0.3, 0.4) is 0 Å². The molecular weight excluding hydrogens is 420 g/mol. The minimum atomic E-state index is -0.165. The van der Waals surface area contributed by atoms with Crippen molar-refractivity contribution in [2.45, 2.75) is 39.7 Å². The van der Waals surface area contributed by atoms with Gasteiger partial charge in [0.25, 0.3) is 0 Å². The lowest BCUT2D eigenvalue weighted by Crippen LogP contribution is -2.47. The Balaban J connectivity index is 1.73. The summed E-state index contributed by atoms with van der Waals surface area (Å²) in [5, 5.41) is 2.72. The maximum atomic E-state index is 13.2. The van der Waals surface area contributed by atoms with Crippen LogP contribution in [0.2, 0.25) is 5.02 Å². The van der Waals surface area contributed by atoms with Crippen molar-refractivity contribution in [2.75, 3.05) is 26.2 Å². The third-order valence-corrected chi connectivity index (χ3v) is 6.63. The van der Waals surface area contributed by atoms with Crippen molar-refractivity contribution >= 4 is 34.8 Å². The molecule has 1 aliphatic rings. The second-order valence-electron chi connectivity index (χ2n) is 8.04. The fourth-order valence-electron chi connectivity index (χ4n) is 3.60.